The molecule has 0 aromatic rings. The van der Waals surface area contributed by atoms with Gasteiger partial charge < -0.3 is 10.6 Å². The van der Waals surface area contributed by atoms with Crippen LogP contribution in [0.5, 0.6) is 0 Å². The standard InChI is InChI=1S/C8H19N3O3S/c1-3-4-10-8(12)7-9-5-6-11-15(2,13)14/h9,11H,3-7H2,1-2H3,(H,10,12). The molecule has 0 saturated carbocycles. The average molecular weight is 237 g/mol. The van der Waals surface area contributed by atoms with E-state index in [0.29, 0.717) is 19.6 Å². The third kappa shape index (κ3) is 11.3. The Morgan fingerprint density at radius 3 is 2.40 bits per heavy atom. The van der Waals surface area contributed by atoms with Gasteiger partial charge in [-0.05, 0) is 6.42 Å². The van der Waals surface area contributed by atoms with E-state index in [1.54, 1.807) is 0 Å². The highest BCUT2D eigenvalue weighted by Gasteiger charge is 2.00. The monoisotopic (exact) mass is 237 g/mol. The lowest BCUT2D eigenvalue weighted by Crippen LogP contribution is -2.38. The number of carbonyl (C=O) groups is 1. The summed E-state index contributed by atoms with van der Waals surface area (Å²) in [6.45, 7) is 3.59. The van der Waals surface area contributed by atoms with Crippen LogP contribution in [0.25, 0.3) is 0 Å². The molecule has 0 heterocycles. The SMILES string of the molecule is CCCNC(=O)CNCCNS(C)(=O)=O. The normalized spacial score (nSPS) is 11.3. The zero-order chi connectivity index (χ0) is 11.7. The summed E-state index contributed by atoms with van der Waals surface area (Å²) in [7, 11) is -3.13. The molecule has 6 nitrogen and oxygen atoms in total. The fraction of sp³-hybridized carbons (Fsp3) is 0.875. The van der Waals surface area contributed by atoms with Crippen LogP contribution in [0.1, 0.15) is 13.3 Å². The number of carbonyl (C=O) groups excluding carboxylic acids is 1. The summed E-state index contributed by atoms with van der Waals surface area (Å²) in [5.74, 6) is -0.0730. The first-order valence-electron chi connectivity index (χ1n) is 4.87. The highest BCUT2D eigenvalue weighted by molar-refractivity contribution is 7.88. The largest absolute Gasteiger partial charge is 0.355 e. The maximum atomic E-state index is 11.0. The first kappa shape index (κ1) is 14.3. The van der Waals surface area contributed by atoms with Gasteiger partial charge in [0.1, 0.15) is 0 Å². The minimum absolute atomic E-state index is 0.0730. The van der Waals surface area contributed by atoms with E-state index >= 15 is 0 Å². The van der Waals surface area contributed by atoms with Gasteiger partial charge in [0, 0.05) is 19.6 Å². The fourth-order valence-corrected chi connectivity index (χ4v) is 1.33. The summed E-state index contributed by atoms with van der Waals surface area (Å²) < 4.78 is 23.6. The first-order chi connectivity index (χ1) is 6.95. The smallest absolute Gasteiger partial charge is 0.233 e. The molecule has 0 aromatic heterocycles. The number of amides is 1. The van der Waals surface area contributed by atoms with Crippen molar-refractivity contribution in [1.29, 1.82) is 0 Å². The molecule has 1 amide bonds. The molecular weight excluding hydrogens is 218 g/mol. The van der Waals surface area contributed by atoms with Crippen molar-refractivity contribution in [2.24, 2.45) is 0 Å². The number of sulfonamides is 1. The Bertz CT molecular complexity index is 277. The van der Waals surface area contributed by atoms with Gasteiger partial charge in [0.25, 0.3) is 0 Å². The van der Waals surface area contributed by atoms with Crippen molar-refractivity contribution in [1.82, 2.24) is 15.4 Å². The Morgan fingerprint density at radius 2 is 1.87 bits per heavy atom. The third-order valence-corrected chi connectivity index (χ3v) is 2.25. The molecule has 15 heavy (non-hydrogen) atoms. The Kier molecular flexibility index (Phi) is 7.27. The fourth-order valence-electron chi connectivity index (χ4n) is 0.854. The molecule has 3 N–H and O–H groups in total. The summed E-state index contributed by atoms with van der Waals surface area (Å²) in [6, 6.07) is 0. The van der Waals surface area contributed by atoms with Crippen molar-refractivity contribution < 1.29 is 13.2 Å². The van der Waals surface area contributed by atoms with Gasteiger partial charge in [0.15, 0.2) is 0 Å². The van der Waals surface area contributed by atoms with Crippen molar-refractivity contribution in [3.05, 3.63) is 0 Å². The molecule has 90 valence electrons. The molecule has 7 heteroatoms. The highest BCUT2D eigenvalue weighted by atomic mass is 32.2. The van der Waals surface area contributed by atoms with E-state index in [4.69, 9.17) is 0 Å². The van der Waals surface area contributed by atoms with Crippen LogP contribution in [-0.2, 0) is 14.8 Å². The second-order valence-corrected chi connectivity index (χ2v) is 5.03. The van der Waals surface area contributed by atoms with Gasteiger partial charge in [-0.3, -0.25) is 4.79 Å². The van der Waals surface area contributed by atoms with Gasteiger partial charge in [-0.25, -0.2) is 13.1 Å². The van der Waals surface area contributed by atoms with Crippen molar-refractivity contribution in [2.45, 2.75) is 13.3 Å². The Morgan fingerprint density at radius 1 is 1.20 bits per heavy atom. The second kappa shape index (κ2) is 7.61. The molecule has 0 radical (unpaired) electrons. The quantitative estimate of drug-likeness (QED) is 0.456. The molecule has 0 aliphatic heterocycles. The topological polar surface area (TPSA) is 87.3 Å². The third-order valence-electron chi connectivity index (χ3n) is 1.52. The molecular formula is C8H19N3O3S. The molecule has 0 saturated heterocycles. The molecule has 0 aromatic carbocycles. The van der Waals surface area contributed by atoms with Crippen LogP contribution in [0.15, 0.2) is 0 Å². The summed E-state index contributed by atoms with van der Waals surface area (Å²) in [4.78, 5) is 11.0. The Labute approximate surface area is 90.9 Å². The van der Waals surface area contributed by atoms with Gasteiger partial charge >= 0.3 is 0 Å². The summed E-state index contributed by atoms with van der Waals surface area (Å²) in [5.41, 5.74) is 0. The lowest BCUT2D eigenvalue weighted by Gasteiger charge is -2.05. The maximum absolute atomic E-state index is 11.0. The number of hydrogen-bond donors (Lipinski definition) is 3. The van der Waals surface area contributed by atoms with Gasteiger partial charge in [-0.1, -0.05) is 6.92 Å². The van der Waals surface area contributed by atoms with Gasteiger partial charge in [0.2, 0.25) is 15.9 Å². The molecule has 0 fully saturated rings. The van der Waals surface area contributed by atoms with E-state index in [1.807, 2.05) is 6.92 Å². The lowest BCUT2D eigenvalue weighted by molar-refractivity contribution is -0.120. The molecule has 0 spiro atoms. The lowest BCUT2D eigenvalue weighted by atomic mass is 10.4. The van der Waals surface area contributed by atoms with Gasteiger partial charge in [0.05, 0.1) is 12.8 Å². The average Bonchev–Trinajstić information content (AvgIpc) is 2.12. The van der Waals surface area contributed by atoms with Crippen molar-refractivity contribution in [3.63, 3.8) is 0 Å². The van der Waals surface area contributed by atoms with Gasteiger partial charge in [-0.2, -0.15) is 0 Å². The van der Waals surface area contributed by atoms with Gasteiger partial charge in [-0.15, -0.1) is 0 Å². The molecule has 0 bridgehead atoms. The predicted octanol–water partition coefficient (Wildman–Crippen LogP) is -1.35. The van der Waals surface area contributed by atoms with E-state index in [9.17, 15) is 13.2 Å². The molecule has 0 aliphatic carbocycles. The van der Waals surface area contributed by atoms with Crippen LogP contribution < -0.4 is 15.4 Å². The van der Waals surface area contributed by atoms with E-state index in [0.717, 1.165) is 12.7 Å². The molecule has 0 rings (SSSR count). The molecule has 0 unspecified atom stereocenters. The van der Waals surface area contributed by atoms with Crippen molar-refractivity contribution in [3.8, 4) is 0 Å². The molecule has 0 aliphatic rings. The van der Waals surface area contributed by atoms with E-state index in [1.165, 1.54) is 0 Å². The summed E-state index contributed by atoms with van der Waals surface area (Å²) >= 11 is 0. The molecule has 0 atom stereocenters. The minimum Gasteiger partial charge on any atom is -0.355 e. The maximum Gasteiger partial charge on any atom is 0.233 e. The Balaban J connectivity index is 3.35. The minimum atomic E-state index is -3.13. The van der Waals surface area contributed by atoms with Crippen molar-refractivity contribution >= 4 is 15.9 Å². The number of hydrogen-bond acceptors (Lipinski definition) is 4. The van der Waals surface area contributed by atoms with Crippen LogP contribution in [0.4, 0.5) is 0 Å². The van der Waals surface area contributed by atoms with Crippen LogP contribution in [0, 0.1) is 0 Å². The summed E-state index contributed by atoms with van der Waals surface area (Å²) in [6.07, 6.45) is 2.00. The Hall–Kier alpha value is -0.660. The predicted molar refractivity (Wildman–Crippen MR) is 59.0 cm³/mol. The number of nitrogens with one attached hydrogen (secondary N) is 3. The zero-order valence-electron chi connectivity index (χ0n) is 9.17. The summed E-state index contributed by atoms with van der Waals surface area (Å²) in [5, 5.41) is 5.53. The van der Waals surface area contributed by atoms with Crippen LogP contribution in [0.3, 0.4) is 0 Å². The van der Waals surface area contributed by atoms with E-state index < -0.39 is 10.0 Å². The zero-order valence-corrected chi connectivity index (χ0v) is 9.99. The second-order valence-electron chi connectivity index (χ2n) is 3.19. The van der Waals surface area contributed by atoms with Crippen LogP contribution in [0.2, 0.25) is 0 Å². The van der Waals surface area contributed by atoms with E-state index in [-0.39, 0.29) is 12.5 Å². The first-order valence-corrected chi connectivity index (χ1v) is 6.77. The highest BCUT2D eigenvalue weighted by Crippen LogP contribution is 1.72. The van der Waals surface area contributed by atoms with E-state index in [2.05, 4.69) is 15.4 Å². The van der Waals surface area contributed by atoms with Crippen LogP contribution in [-0.4, -0.2) is 46.8 Å². The van der Waals surface area contributed by atoms with Crippen LogP contribution >= 0.6 is 0 Å². The number of rotatable bonds is 8. The van der Waals surface area contributed by atoms with Crippen molar-refractivity contribution in [2.75, 3.05) is 32.4 Å².